The molecule has 0 spiro atoms. The van der Waals surface area contributed by atoms with Crippen LogP contribution in [0.2, 0.25) is 0 Å². The van der Waals surface area contributed by atoms with Crippen molar-refractivity contribution in [2.75, 3.05) is 0 Å². The summed E-state index contributed by atoms with van der Waals surface area (Å²) >= 11 is 0. The number of amides is 3. The van der Waals surface area contributed by atoms with Crippen LogP contribution in [0.4, 0.5) is 4.79 Å². The molecule has 0 atom stereocenters. The van der Waals surface area contributed by atoms with Crippen LogP contribution < -0.4 is 16.0 Å². The standard InChI is InChI=1S/C18H21N3O2/c1-12-11-16(21-18(23)19-12)17(22)20-15-9-7-14(8-10-15)13-5-3-2-4-6-13/h2-6,11,14-15H,1,7-10H2,(H,20,22)(H2,19,21,23)/t14-,15+. The molecule has 2 aliphatic rings. The lowest BCUT2D eigenvalue weighted by molar-refractivity contribution is -0.118. The zero-order chi connectivity index (χ0) is 16.2. The Kier molecular flexibility index (Phi) is 4.46. The van der Waals surface area contributed by atoms with Gasteiger partial charge in [-0.1, -0.05) is 36.9 Å². The number of allylic oxidation sites excluding steroid dienone is 1. The van der Waals surface area contributed by atoms with Gasteiger partial charge in [-0.25, -0.2) is 4.79 Å². The van der Waals surface area contributed by atoms with Crippen molar-refractivity contribution in [1.29, 1.82) is 0 Å². The fourth-order valence-electron chi connectivity index (χ4n) is 3.23. The van der Waals surface area contributed by atoms with Gasteiger partial charge in [-0.3, -0.25) is 4.79 Å². The van der Waals surface area contributed by atoms with Crippen LogP contribution in [0.5, 0.6) is 0 Å². The smallest absolute Gasteiger partial charge is 0.323 e. The second-order valence-electron chi connectivity index (χ2n) is 6.10. The highest BCUT2D eigenvalue weighted by atomic mass is 16.2. The molecule has 1 aliphatic carbocycles. The third-order valence-electron chi connectivity index (χ3n) is 4.42. The number of nitrogens with one attached hydrogen (secondary N) is 3. The normalized spacial score (nSPS) is 24.3. The molecule has 0 unspecified atom stereocenters. The van der Waals surface area contributed by atoms with Gasteiger partial charge in [-0.05, 0) is 43.2 Å². The van der Waals surface area contributed by atoms with Crippen LogP contribution in [-0.4, -0.2) is 18.0 Å². The van der Waals surface area contributed by atoms with Gasteiger partial charge in [0.05, 0.1) is 0 Å². The minimum absolute atomic E-state index is 0.156. The predicted octanol–water partition coefficient (Wildman–Crippen LogP) is 2.54. The van der Waals surface area contributed by atoms with Crippen molar-refractivity contribution in [2.45, 2.75) is 37.6 Å². The summed E-state index contributed by atoms with van der Waals surface area (Å²) in [4.78, 5) is 23.6. The molecular weight excluding hydrogens is 290 g/mol. The Morgan fingerprint density at radius 1 is 1.09 bits per heavy atom. The highest BCUT2D eigenvalue weighted by Crippen LogP contribution is 2.32. The molecule has 3 rings (SSSR count). The number of urea groups is 1. The van der Waals surface area contributed by atoms with Gasteiger partial charge in [0.15, 0.2) is 0 Å². The molecule has 1 fully saturated rings. The van der Waals surface area contributed by atoms with E-state index in [4.69, 9.17) is 0 Å². The third-order valence-corrected chi connectivity index (χ3v) is 4.42. The van der Waals surface area contributed by atoms with Crippen LogP contribution in [0.25, 0.3) is 0 Å². The lowest BCUT2D eigenvalue weighted by atomic mass is 9.82. The Labute approximate surface area is 135 Å². The van der Waals surface area contributed by atoms with E-state index in [-0.39, 0.29) is 17.6 Å². The maximum atomic E-state index is 12.2. The number of rotatable bonds is 3. The number of carbonyl (C=O) groups is 2. The van der Waals surface area contributed by atoms with E-state index in [0.717, 1.165) is 25.7 Å². The van der Waals surface area contributed by atoms with Crippen molar-refractivity contribution in [3.8, 4) is 0 Å². The van der Waals surface area contributed by atoms with Gasteiger partial charge in [-0.15, -0.1) is 0 Å². The Hall–Kier alpha value is -2.56. The van der Waals surface area contributed by atoms with Crippen molar-refractivity contribution in [2.24, 2.45) is 0 Å². The number of benzene rings is 1. The SMILES string of the molecule is C=C1C=C(C(=O)N[C@H]2CC[C@@H](c3ccccc3)CC2)NC(=O)N1. The van der Waals surface area contributed by atoms with Gasteiger partial charge in [0, 0.05) is 11.7 Å². The average Bonchev–Trinajstić information content (AvgIpc) is 2.55. The van der Waals surface area contributed by atoms with E-state index in [1.807, 2.05) is 6.07 Å². The van der Waals surface area contributed by atoms with E-state index in [9.17, 15) is 9.59 Å². The monoisotopic (exact) mass is 311 g/mol. The van der Waals surface area contributed by atoms with Crippen molar-refractivity contribution in [3.63, 3.8) is 0 Å². The summed E-state index contributed by atoms with van der Waals surface area (Å²) in [6.07, 6.45) is 5.58. The van der Waals surface area contributed by atoms with Crippen LogP contribution in [0.15, 0.2) is 54.4 Å². The van der Waals surface area contributed by atoms with Gasteiger partial charge in [0.1, 0.15) is 5.70 Å². The van der Waals surface area contributed by atoms with E-state index in [0.29, 0.717) is 11.6 Å². The molecule has 120 valence electrons. The maximum Gasteiger partial charge on any atom is 0.323 e. The molecule has 0 aromatic heterocycles. The number of hydrogen-bond donors (Lipinski definition) is 3. The Bertz CT molecular complexity index is 643. The first-order chi connectivity index (χ1) is 11.1. The molecule has 3 amide bonds. The summed E-state index contributed by atoms with van der Waals surface area (Å²) in [5, 5.41) is 8.01. The van der Waals surface area contributed by atoms with E-state index >= 15 is 0 Å². The summed E-state index contributed by atoms with van der Waals surface area (Å²) in [6, 6.07) is 10.3. The van der Waals surface area contributed by atoms with Crippen LogP contribution >= 0.6 is 0 Å². The Morgan fingerprint density at radius 3 is 2.43 bits per heavy atom. The second-order valence-corrected chi connectivity index (χ2v) is 6.10. The molecule has 5 nitrogen and oxygen atoms in total. The van der Waals surface area contributed by atoms with Gasteiger partial charge in [-0.2, -0.15) is 0 Å². The molecule has 1 saturated carbocycles. The van der Waals surface area contributed by atoms with Gasteiger partial charge in [0.25, 0.3) is 5.91 Å². The number of carbonyl (C=O) groups excluding carboxylic acids is 2. The molecule has 1 aromatic carbocycles. The molecule has 0 radical (unpaired) electrons. The van der Waals surface area contributed by atoms with Crippen LogP contribution in [-0.2, 0) is 4.79 Å². The summed E-state index contributed by atoms with van der Waals surface area (Å²) in [6.45, 7) is 3.66. The molecule has 3 N–H and O–H groups in total. The van der Waals surface area contributed by atoms with E-state index in [2.05, 4.69) is 46.8 Å². The predicted molar refractivity (Wildman–Crippen MR) is 88.5 cm³/mol. The first-order valence-corrected chi connectivity index (χ1v) is 7.96. The Balaban J connectivity index is 1.54. The molecule has 1 aliphatic heterocycles. The van der Waals surface area contributed by atoms with Gasteiger partial charge in [0.2, 0.25) is 0 Å². The summed E-state index contributed by atoms with van der Waals surface area (Å²) in [5.74, 6) is 0.325. The van der Waals surface area contributed by atoms with Gasteiger partial charge < -0.3 is 16.0 Å². The molecule has 1 heterocycles. The maximum absolute atomic E-state index is 12.2. The highest BCUT2D eigenvalue weighted by molar-refractivity contribution is 5.99. The van der Waals surface area contributed by atoms with Crippen molar-refractivity contribution < 1.29 is 9.59 Å². The van der Waals surface area contributed by atoms with E-state index < -0.39 is 6.03 Å². The summed E-state index contributed by atoms with van der Waals surface area (Å²) in [5.41, 5.74) is 2.05. The molecule has 0 saturated heterocycles. The average molecular weight is 311 g/mol. The lowest BCUT2D eigenvalue weighted by Crippen LogP contribution is -2.46. The van der Waals surface area contributed by atoms with Crippen LogP contribution in [0, 0.1) is 0 Å². The van der Waals surface area contributed by atoms with Crippen molar-refractivity contribution >= 4 is 11.9 Å². The topological polar surface area (TPSA) is 70.2 Å². The van der Waals surface area contributed by atoms with Crippen molar-refractivity contribution in [3.05, 3.63) is 59.9 Å². The highest BCUT2D eigenvalue weighted by Gasteiger charge is 2.25. The summed E-state index contributed by atoms with van der Waals surface area (Å²) < 4.78 is 0. The van der Waals surface area contributed by atoms with Crippen LogP contribution in [0.3, 0.4) is 0 Å². The lowest BCUT2D eigenvalue weighted by Gasteiger charge is -2.30. The zero-order valence-electron chi connectivity index (χ0n) is 13.0. The third kappa shape index (κ3) is 3.80. The van der Waals surface area contributed by atoms with Crippen LogP contribution in [0.1, 0.15) is 37.2 Å². The van der Waals surface area contributed by atoms with Gasteiger partial charge >= 0.3 is 6.03 Å². The summed E-state index contributed by atoms with van der Waals surface area (Å²) in [7, 11) is 0. The fraction of sp³-hybridized carbons (Fsp3) is 0.333. The minimum Gasteiger partial charge on any atom is -0.348 e. The zero-order valence-corrected chi connectivity index (χ0v) is 13.0. The fourth-order valence-corrected chi connectivity index (χ4v) is 3.23. The second kappa shape index (κ2) is 6.69. The molecule has 23 heavy (non-hydrogen) atoms. The number of hydrogen-bond acceptors (Lipinski definition) is 2. The molecular formula is C18H21N3O2. The molecule has 5 heteroatoms. The van der Waals surface area contributed by atoms with E-state index in [1.165, 1.54) is 5.56 Å². The quantitative estimate of drug-likeness (QED) is 0.803. The largest absolute Gasteiger partial charge is 0.348 e. The minimum atomic E-state index is -0.421. The van der Waals surface area contributed by atoms with E-state index in [1.54, 1.807) is 6.08 Å². The Morgan fingerprint density at radius 2 is 1.78 bits per heavy atom. The molecule has 1 aromatic rings. The van der Waals surface area contributed by atoms with Crippen molar-refractivity contribution in [1.82, 2.24) is 16.0 Å². The first-order valence-electron chi connectivity index (χ1n) is 7.96. The molecule has 0 bridgehead atoms. The first kappa shape index (κ1) is 15.3.